The first-order valence-electron chi connectivity index (χ1n) is 4.93. The van der Waals surface area contributed by atoms with E-state index in [2.05, 4.69) is 21.3 Å². The van der Waals surface area contributed by atoms with Gasteiger partial charge in [-0.25, -0.2) is 4.98 Å². The number of anilines is 1. The van der Waals surface area contributed by atoms with Crippen LogP contribution in [0.4, 0.5) is 5.69 Å². The second-order valence-electron chi connectivity index (χ2n) is 3.38. The van der Waals surface area contributed by atoms with Crippen molar-refractivity contribution >= 4 is 5.69 Å². The minimum Gasteiger partial charge on any atom is -0.378 e. The normalized spacial score (nSPS) is 9.75. The number of hydrogen-bond acceptors (Lipinski definition) is 3. The van der Waals surface area contributed by atoms with Gasteiger partial charge in [0.2, 0.25) is 0 Å². The van der Waals surface area contributed by atoms with Crippen molar-refractivity contribution in [2.75, 3.05) is 5.32 Å². The minimum absolute atomic E-state index is 0.629. The molecular weight excluding hydrogens is 200 g/mol. The summed E-state index contributed by atoms with van der Waals surface area (Å²) in [4.78, 5) is 4.12. The van der Waals surface area contributed by atoms with Crippen LogP contribution in [0, 0.1) is 12.3 Å². The van der Waals surface area contributed by atoms with Crippen LogP contribution in [0.2, 0.25) is 0 Å². The van der Waals surface area contributed by atoms with Gasteiger partial charge in [0.1, 0.15) is 12.2 Å². The van der Waals surface area contributed by atoms with Gasteiger partial charge in [-0.15, -0.1) is 6.42 Å². The van der Waals surface area contributed by atoms with E-state index >= 15 is 0 Å². The average molecular weight is 212 g/mol. The second kappa shape index (κ2) is 4.49. The van der Waals surface area contributed by atoms with E-state index in [1.807, 2.05) is 31.3 Å². The molecule has 0 bridgehead atoms. The number of aromatic nitrogens is 3. The van der Waals surface area contributed by atoms with E-state index in [9.17, 15) is 0 Å². The summed E-state index contributed by atoms with van der Waals surface area (Å²) >= 11 is 0. The Kier molecular flexibility index (Phi) is 2.88. The van der Waals surface area contributed by atoms with Crippen LogP contribution < -0.4 is 5.32 Å². The summed E-state index contributed by atoms with van der Waals surface area (Å²) in [5, 5.41) is 7.24. The van der Waals surface area contributed by atoms with Crippen molar-refractivity contribution in [2.24, 2.45) is 7.05 Å². The summed E-state index contributed by atoms with van der Waals surface area (Å²) < 4.78 is 1.73. The number of nitrogens with one attached hydrogen (secondary N) is 1. The van der Waals surface area contributed by atoms with Crippen LogP contribution in [-0.4, -0.2) is 14.8 Å². The first kappa shape index (κ1) is 10.2. The highest BCUT2D eigenvalue weighted by Gasteiger charge is 1.99. The van der Waals surface area contributed by atoms with Crippen molar-refractivity contribution in [3.8, 4) is 12.3 Å². The molecule has 0 radical (unpaired) electrons. The molecule has 1 aromatic carbocycles. The highest BCUT2D eigenvalue weighted by atomic mass is 15.3. The predicted molar refractivity (Wildman–Crippen MR) is 62.7 cm³/mol. The zero-order valence-electron chi connectivity index (χ0n) is 9.01. The monoisotopic (exact) mass is 212 g/mol. The lowest BCUT2D eigenvalue weighted by Crippen LogP contribution is -2.06. The van der Waals surface area contributed by atoms with E-state index < -0.39 is 0 Å². The standard InChI is InChI=1S/C12H12N4/c1-3-10-5-4-6-11(7-10)13-8-12-14-9-15-16(12)2/h1,4-7,9,13H,8H2,2H3. The molecule has 0 spiro atoms. The maximum Gasteiger partial charge on any atom is 0.145 e. The Hall–Kier alpha value is -2.28. The van der Waals surface area contributed by atoms with Crippen LogP contribution in [0.25, 0.3) is 0 Å². The van der Waals surface area contributed by atoms with Crippen LogP contribution in [-0.2, 0) is 13.6 Å². The van der Waals surface area contributed by atoms with E-state index in [0.29, 0.717) is 6.54 Å². The molecule has 16 heavy (non-hydrogen) atoms. The lowest BCUT2D eigenvalue weighted by atomic mass is 10.2. The van der Waals surface area contributed by atoms with Crippen molar-refractivity contribution < 1.29 is 0 Å². The summed E-state index contributed by atoms with van der Waals surface area (Å²) in [6.07, 6.45) is 6.87. The van der Waals surface area contributed by atoms with E-state index in [1.165, 1.54) is 6.33 Å². The Bertz CT molecular complexity index is 522. The topological polar surface area (TPSA) is 42.7 Å². The fourth-order valence-corrected chi connectivity index (χ4v) is 1.38. The van der Waals surface area contributed by atoms with Gasteiger partial charge in [-0.05, 0) is 18.2 Å². The third kappa shape index (κ3) is 2.20. The van der Waals surface area contributed by atoms with Crippen molar-refractivity contribution in [3.63, 3.8) is 0 Å². The van der Waals surface area contributed by atoms with Crippen LogP contribution in [0.1, 0.15) is 11.4 Å². The van der Waals surface area contributed by atoms with Gasteiger partial charge in [0.05, 0.1) is 6.54 Å². The molecule has 0 atom stereocenters. The first-order valence-corrected chi connectivity index (χ1v) is 4.93. The molecule has 0 aliphatic rings. The zero-order valence-corrected chi connectivity index (χ0v) is 9.01. The predicted octanol–water partition coefficient (Wildman–Crippen LogP) is 1.41. The van der Waals surface area contributed by atoms with Crippen molar-refractivity contribution in [3.05, 3.63) is 42.0 Å². The summed E-state index contributed by atoms with van der Waals surface area (Å²) in [6, 6.07) is 7.72. The Morgan fingerprint density at radius 3 is 3.06 bits per heavy atom. The Morgan fingerprint density at radius 2 is 2.38 bits per heavy atom. The van der Waals surface area contributed by atoms with Crippen LogP contribution in [0.5, 0.6) is 0 Å². The van der Waals surface area contributed by atoms with Gasteiger partial charge in [0.15, 0.2) is 0 Å². The van der Waals surface area contributed by atoms with Gasteiger partial charge < -0.3 is 5.32 Å². The summed E-state index contributed by atoms with van der Waals surface area (Å²) in [7, 11) is 1.86. The van der Waals surface area contributed by atoms with Gasteiger partial charge >= 0.3 is 0 Å². The third-order valence-corrected chi connectivity index (χ3v) is 2.29. The van der Waals surface area contributed by atoms with Crippen molar-refractivity contribution in [1.82, 2.24) is 14.8 Å². The minimum atomic E-state index is 0.629. The Labute approximate surface area is 94.3 Å². The van der Waals surface area contributed by atoms with E-state index in [4.69, 9.17) is 6.42 Å². The molecular formula is C12H12N4. The smallest absolute Gasteiger partial charge is 0.145 e. The molecule has 2 aromatic rings. The molecule has 0 aliphatic carbocycles. The summed E-state index contributed by atoms with van der Waals surface area (Å²) in [5.41, 5.74) is 1.85. The quantitative estimate of drug-likeness (QED) is 0.782. The van der Waals surface area contributed by atoms with Gasteiger partial charge in [-0.2, -0.15) is 5.10 Å². The largest absolute Gasteiger partial charge is 0.378 e. The van der Waals surface area contributed by atoms with Crippen LogP contribution in [0.15, 0.2) is 30.6 Å². The van der Waals surface area contributed by atoms with E-state index in [1.54, 1.807) is 4.68 Å². The fraction of sp³-hybridized carbons (Fsp3) is 0.167. The molecule has 0 aliphatic heterocycles. The molecule has 2 rings (SSSR count). The van der Waals surface area contributed by atoms with Crippen molar-refractivity contribution in [2.45, 2.75) is 6.54 Å². The van der Waals surface area contributed by atoms with E-state index in [0.717, 1.165) is 17.1 Å². The maximum absolute atomic E-state index is 5.33. The molecule has 1 N–H and O–H groups in total. The van der Waals surface area contributed by atoms with Crippen molar-refractivity contribution in [1.29, 1.82) is 0 Å². The molecule has 0 saturated heterocycles. The molecule has 0 unspecified atom stereocenters. The van der Waals surface area contributed by atoms with Gasteiger partial charge in [-0.3, -0.25) is 4.68 Å². The maximum atomic E-state index is 5.33. The third-order valence-electron chi connectivity index (χ3n) is 2.29. The van der Waals surface area contributed by atoms with Crippen LogP contribution in [0.3, 0.4) is 0 Å². The number of hydrogen-bond donors (Lipinski definition) is 1. The second-order valence-corrected chi connectivity index (χ2v) is 3.38. The molecule has 1 aromatic heterocycles. The number of rotatable bonds is 3. The van der Waals surface area contributed by atoms with E-state index in [-0.39, 0.29) is 0 Å². The molecule has 4 nitrogen and oxygen atoms in total. The molecule has 0 saturated carbocycles. The first-order chi connectivity index (χ1) is 7.79. The van der Waals surface area contributed by atoms with Crippen LogP contribution >= 0.6 is 0 Å². The SMILES string of the molecule is C#Cc1cccc(NCc2ncnn2C)c1. The lowest BCUT2D eigenvalue weighted by molar-refractivity contribution is 0.712. The lowest BCUT2D eigenvalue weighted by Gasteiger charge is -2.05. The van der Waals surface area contributed by atoms with Gasteiger partial charge in [0.25, 0.3) is 0 Å². The van der Waals surface area contributed by atoms with Gasteiger partial charge in [0, 0.05) is 18.3 Å². The number of nitrogens with zero attached hydrogens (tertiary/aromatic N) is 3. The summed E-state index contributed by atoms with van der Waals surface area (Å²) in [5.74, 6) is 3.48. The Balaban J connectivity index is 2.05. The Morgan fingerprint density at radius 1 is 1.50 bits per heavy atom. The van der Waals surface area contributed by atoms with Gasteiger partial charge in [-0.1, -0.05) is 12.0 Å². The number of terminal acetylenes is 1. The number of benzene rings is 1. The fourth-order valence-electron chi connectivity index (χ4n) is 1.38. The molecule has 1 heterocycles. The zero-order chi connectivity index (χ0) is 11.4. The average Bonchev–Trinajstić information content (AvgIpc) is 2.72. The highest BCUT2D eigenvalue weighted by molar-refractivity contribution is 5.49. The highest BCUT2D eigenvalue weighted by Crippen LogP contribution is 2.10. The summed E-state index contributed by atoms with van der Waals surface area (Å²) in [6.45, 7) is 0.629. The molecule has 4 heteroatoms. The molecule has 0 fully saturated rings. The molecule has 80 valence electrons. The molecule has 0 amide bonds. The number of aryl methyl sites for hydroxylation is 1.